The minimum Gasteiger partial charge on any atom is -0.283 e. The Morgan fingerprint density at radius 1 is 1.27 bits per heavy atom. The van der Waals surface area contributed by atoms with Crippen LogP contribution >= 0.6 is 77.0 Å². The Morgan fingerprint density at radius 3 is 2.27 bits per heavy atom. The van der Waals surface area contributed by atoms with Gasteiger partial charge in [0.2, 0.25) is 10.0 Å². The molecule has 1 aromatic carbocycles. The zero-order valence-electron chi connectivity index (χ0n) is 14.0. The fraction of sp³-hybridized carbons (Fsp3) is 0.385. The molecule has 0 aliphatic heterocycles. The summed E-state index contributed by atoms with van der Waals surface area (Å²) in [5, 5.41) is 4.47. The summed E-state index contributed by atoms with van der Waals surface area (Å²) in [5.41, 5.74) is 1.40. The SMILES string of the molecule is [B]C(P)n1c(C(I)(I)I)nn(-c2cc(NS(C)(=O)=O)c(C)cc2C)c1=O. The summed E-state index contributed by atoms with van der Waals surface area (Å²) in [4.78, 5) is 12.9. The Balaban J connectivity index is 2.77. The Labute approximate surface area is 196 Å². The average Bonchev–Trinajstić information content (AvgIpc) is 2.78. The number of nitrogens with one attached hydrogen (secondary N) is 1. The van der Waals surface area contributed by atoms with Gasteiger partial charge >= 0.3 is 5.69 Å². The molecule has 13 heteroatoms. The molecule has 1 aromatic heterocycles. The van der Waals surface area contributed by atoms with Gasteiger partial charge in [0.15, 0.2) is 5.26 Å². The number of aromatic nitrogens is 3. The zero-order chi connectivity index (χ0) is 20.0. The normalized spacial score (nSPS) is 13.7. The molecule has 0 saturated heterocycles. The third kappa shape index (κ3) is 5.14. The van der Waals surface area contributed by atoms with E-state index in [-0.39, 0.29) is 0 Å². The van der Waals surface area contributed by atoms with Gasteiger partial charge in [-0.2, -0.15) is 4.68 Å². The maximum Gasteiger partial charge on any atom is 0.350 e. The van der Waals surface area contributed by atoms with Crippen LogP contribution < -0.4 is 10.4 Å². The van der Waals surface area contributed by atoms with E-state index in [1.807, 2.05) is 6.92 Å². The fourth-order valence-electron chi connectivity index (χ4n) is 2.38. The van der Waals surface area contributed by atoms with Crippen molar-refractivity contribution in [3.63, 3.8) is 0 Å². The molecule has 0 amide bonds. The fourth-order valence-corrected chi connectivity index (χ4v) is 4.37. The number of benzene rings is 1. The third-order valence-corrected chi connectivity index (χ3v) is 5.76. The lowest BCUT2D eigenvalue weighted by Crippen LogP contribution is -2.27. The number of halogens is 3. The molecule has 0 aliphatic rings. The highest BCUT2D eigenvalue weighted by Gasteiger charge is 2.31. The second-order valence-electron chi connectivity index (χ2n) is 5.70. The topological polar surface area (TPSA) is 86.0 Å². The summed E-state index contributed by atoms with van der Waals surface area (Å²) in [6.45, 7) is 3.63. The van der Waals surface area contributed by atoms with Gasteiger partial charge in [0.25, 0.3) is 0 Å². The van der Waals surface area contributed by atoms with Crippen LogP contribution in [-0.4, -0.2) is 36.9 Å². The molecule has 2 aromatic rings. The standard InChI is InChI=1S/C13H15BI3N4O3PS/c1-6-4-7(2)9(5-8(6)19-26(3,23)24)21-12(22)20(11(14)25)10(18-21)13(15,16)17/h4-5,11,19H,25H2,1-3H3. The van der Waals surface area contributed by atoms with Gasteiger partial charge in [-0.1, -0.05) is 6.07 Å². The van der Waals surface area contributed by atoms with Gasteiger partial charge in [0, 0.05) is 5.68 Å². The Hall–Kier alpha value is 0.595. The second kappa shape index (κ2) is 8.15. The Bertz CT molecular complexity index is 1010. The van der Waals surface area contributed by atoms with Crippen molar-refractivity contribution in [2.24, 2.45) is 0 Å². The van der Waals surface area contributed by atoms with Crippen LogP contribution in [0.4, 0.5) is 5.69 Å². The highest BCUT2D eigenvalue weighted by molar-refractivity contribution is 14.3. The summed E-state index contributed by atoms with van der Waals surface area (Å²) in [5.74, 6) is 0.504. The van der Waals surface area contributed by atoms with E-state index in [0.717, 1.165) is 17.4 Å². The zero-order valence-corrected chi connectivity index (χ0v) is 22.4. The molecule has 7 nitrogen and oxygen atoms in total. The lowest BCUT2D eigenvalue weighted by molar-refractivity contribution is 0.606. The minimum atomic E-state index is -3.45. The molecule has 2 radical (unpaired) electrons. The summed E-state index contributed by atoms with van der Waals surface area (Å²) in [7, 11) is 4.89. The van der Waals surface area contributed by atoms with Crippen LogP contribution in [0.5, 0.6) is 0 Å². The number of aryl methyl sites for hydroxylation is 2. The number of rotatable bonds is 5. The molecule has 0 spiro atoms. The minimum absolute atomic E-state index is 0.394. The van der Waals surface area contributed by atoms with Crippen LogP contribution in [0.25, 0.3) is 5.69 Å². The number of hydrogen-bond acceptors (Lipinski definition) is 4. The number of alkyl halides is 3. The first-order valence-electron chi connectivity index (χ1n) is 7.11. The molecule has 0 saturated carbocycles. The van der Waals surface area contributed by atoms with Gasteiger partial charge in [-0.25, -0.2) is 13.2 Å². The van der Waals surface area contributed by atoms with Crippen LogP contribution in [0.2, 0.25) is 0 Å². The van der Waals surface area contributed by atoms with Gasteiger partial charge in [0.1, 0.15) is 7.85 Å². The first kappa shape index (κ1) is 22.9. The number of sulfonamides is 1. The Kier molecular flexibility index (Phi) is 7.17. The van der Waals surface area contributed by atoms with Crippen LogP contribution in [0.3, 0.4) is 0 Å². The summed E-state index contributed by atoms with van der Waals surface area (Å²) in [6.07, 6.45) is 1.08. The molecule has 0 aliphatic carbocycles. The lowest BCUT2D eigenvalue weighted by atomic mass is 10.1. The van der Waals surface area contributed by atoms with Crippen molar-refractivity contribution in [3.8, 4) is 5.69 Å². The molecule has 2 unspecified atom stereocenters. The molecule has 1 N–H and O–H groups in total. The third-order valence-electron chi connectivity index (χ3n) is 3.43. The van der Waals surface area contributed by atoms with Crippen LogP contribution in [0, 0.1) is 13.8 Å². The quantitative estimate of drug-likeness (QED) is 0.222. The van der Waals surface area contributed by atoms with Gasteiger partial charge < -0.3 is 0 Å². The molecule has 0 fully saturated rings. The van der Waals surface area contributed by atoms with E-state index in [0.29, 0.717) is 17.2 Å². The number of anilines is 1. The summed E-state index contributed by atoms with van der Waals surface area (Å²) >= 11 is 6.51. The van der Waals surface area contributed by atoms with E-state index in [1.165, 1.54) is 9.25 Å². The van der Waals surface area contributed by atoms with E-state index in [9.17, 15) is 13.2 Å². The van der Waals surface area contributed by atoms with Crippen molar-refractivity contribution >= 4 is 101 Å². The van der Waals surface area contributed by atoms with E-state index in [4.69, 9.17) is 7.85 Å². The van der Waals surface area contributed by atoms with E-state index in [2.05, 4.69) is 86.8 Å². The molecule has 26 heavy (non-hydrogen) atoms. The predicted octanol–water partition coefficient (Wildman–Crippen LogP) is 2.94. The van der Waals surface area contributed by atoms with Crippen molar-refractivity contribution in [2.45, 2.75) is 19.0 Å². The average molecular weight is 730 g/mol. The van der Waals surface area contributed by atoms with E-state index in [1.54, 1.807) is 19.1 Å². The second-order valence-corrected chi connectivity index (χ2v) is 19.2. The van der Waals surface area contributed by atoms with Crippen LogP contribution in [0.1, 0.15) is 22.6 Å². The maximum absolute atomic E-state index is 12.9. The van der Waals surface area contributed by atoms with Gasteiger partial charge in [-0.05, 0) is 98.8 Å². The van der Waals surface area contributed by atoms with Crippen molar-refractivity contribution < 1.29 is 8.42 Å². The lowest BCUT2D eigenvalue weighted by Gasteiger charge is -2.15. The van der Waals surface area contributed by atoms with Crippen molar-refractivity contribution in [3.05, 3.63) is 39.6 Å². The molecule has 1 heterocycles. The summed E-state index contributed by atoms with van der Waals surface area (Å²) < 4.78 is 27.9. The van der Waals surface area contributed by atoms with Gasteiger partial charge in [-0.15, -0.1) is 14.3 Å². The predicted molar refractivity (Wildman–Crippen MR) is 134 cm³/mol. The Morgan fingerprint density at radius 2 is 1.85 bits per heavy atom. The molecular formula is C13H15BI3N4O3PS. The van der Waals surface area contributed by atoms with E-state index < -0.39 is 20.8 Å². The summed E-state index contributed by atoms with van der Waals surface area (Å²) in [6, 6.07) is 3.41. The van der Waals surface area contributed by atoms with Crippen molar-refractivity contribution in [1.82, 2.24) is 14.3 Å². The largest absolute Gasteiger partial charge is 0.350 e. The monoisotopic (exact) mass is 730 g/mol. The first-order chi connectivity index (χ1) is 11.7. The van der Waals surface area contributed by atoms with Gasteiger partial charge in [-0.3, -0.25) is 9.29 Å². The van der Waals surface area contributed by atoms with Crippen molar-refractivity contribution in [2.75, 3.05) is 11.0 Å². The number of nitrogens with zero attached hydrogens (tertiary/aromatic N) is 3. The highest BCUT2D eigenvalue weighted by Crippen LogP contribution is 2.45. The molecule has 0 bridgehead atoms. The first-order valence-corrected chi connectivity index (χ1v) is 12.9. The molecule has 2 atom stereocenters. The molecule has 140 valence electrons. The molecular weight excluding hydrogens is 715 g/mol. The maximum atomic E-state index is 12.9. The van der Waals surface area contributed by atoms with Crippen molar-refractivity contribution in [1.29, 1.82) is 0 Å². The van der Waals surface area contributed by atoms with Crippen LogP contribution in [0.15, 0.2) is 16.9 Å². The van der Waals surface area contributed by atoms with E-state index >= 15 is 0 Å². The van der Waals surface area contributed by atoms with Gasteiger partial charge in [0.05, 0.1) is 17.6 Å². The number of hydrogen-bond donors (Lipinski definition) is 1. The molecule has 2 rings (SSSR count). The smallest absolute Gasteiger partial charge is 0.283 e. The van der Waals surface area contributed by atoms with Crippen LogP contribution in [-0.2, 0) is 9.46 Å². The highest BCUT2D eigenvalue weighted by atomic mass is 127.